The molecule has 4 nitrogen and oxygen atoms in total. The zero-order valence-electron chi connectivity index (χ0n) is 9.22. The van der Waals surface area contributed by atoms with Gasteiger partial charge >= 0.3 is 5.97 Å². The number of carbonyl (C=O) groups excluding carboxylic acids is 1. The number of aliphatic carboxylic acids is 1. The molecular weight excluding hydrogens is 317 g/mol. The molecule has 2 atom stereocenters. The van der Waals surface area contributed by atoms with Gasteiger partial charge in [-0.2, -0.15) is 0 Å². The Labute approximate surface area is 122 Å². The molecule has 2 heterocycles. The van der Waals surface area contributed by atoms with E-state index in [1.807, 2.05) is 0 Å². The number of hydrogen-bond acceptors (Lipinski definition) is 4. The van der Waals surface area contributed by atoms with Gasteiger partial charge in [0, 0.05) is 5.75 Å². The third-order valence-corrected chi connectivity index (χ3v) is 5.33. The van der Waals surface area contributed by atoms with Crippen molar-refractivity contribution in [2.45, 2.75) is 18.3 Å². The van der Waals surface area contributed by atoms with E-state index in [2.05, 4.69) is 0 Å². The summed E-state index contributed by atoms with van der Waals surface area (Å²) in [6.45, 7) is 1.80. The van der Waals surface area contributed by atoms with E-state index in [0.717, 1.165) is 11.3 Å². The molecular formula is C10H9Cl2NO3S2. The van der Waals surface area contributed by atoms with Crippen molar-refractivity contribution in [2.75, 3.05) is 5.75 Å². The summed E-state index contributed by atoms with van der Waals surface area (Å²) in [5.74, 6) is -0.997. The van der Waals surface area contributed by atoms with Crippen LogP contribution in [0.15, 0.2) is 6.07 Å². The molecule has 1 aromatic heterocycles. The number of halogens is 2. The van der Waals surface area contributed by atoms with E-state index in [4.69, 9.17) is 28.3 Å². The highest BCUT2D eigenvalue weighted by atomic mass is 35.5. The van der Waals surface area contributed by atoms with Gasteiger partial charge < -0.3 is 10.0 Å². The average Bonchev–Trinajstić information content (AvgIpc) is 2.81. The van der Waals surface area contributed by atoms with Crippen LogP contribution < -0.4 is 0 Å². The first-order valence-corrected chi connectivity index (χ1v) is 7.66. The molecule has 0 saturated carbocycles. The highest BCUT2D eigenvalue weighted by molar-refractivity contribution is 8.00. The van der Waals surface area contributed by atoms with Crippen molar-refractivity contribution in [3.63, 3.8) is 0 Å². The lowest BCUT2D eigenvalue weighted by Gasteiger charge is -2.24. The van der Waals surface area contributed by atoms with Crippen LogP contribution in [0.3, 0.4) is 0 Å². The van der Waals surface area contributed by atoms with Crippen molar-refractivity contribution in [3.8, 4) is 0 Å². The Morgan fingerprint density at radius 3 is 2.67 bits per heavy atom. The molecule has 1 amide bonds. The highest BCUT2D eigenvalue weighted by Crippen LogP contribution is 2.36. The fraction of sp³-hybridized carbons (Fsp3) is 0.400. The molecule has 1 aliphatic heterocycles. The van der Waals surface area contributed by atoms with Gasteiger partial charge in [0.2, 0.25) is 0 Å². The van der Waals surface area contributed by atoms with Gasteiger partial charge in [-0.05, 0) is 13.0 Å². The van der Waals surface area contributed by atoms with Crippen LogP contribution in [0.25, 0.3) is 0 Å². The summed E-state index contributed by atoms with van der Waals surface area (Å²) in [7, 11) is 0. The Balaban J connectivity index is 2.32. The molecule has 1 aliphatic rings. The van der Waals surface area contributed by atoms with Crippen LogP contribution in [0.5, 0.6) is 0 Å². The van der Waals surface area contributed by atoms with Gasteiger partial charge in [0.05, 0.1) is 15.3 Å². The Morgan fingerprint density at radius 2 is 2.17 bits per heavy atom. The lowest BCUT2D eigenvalue weighted by Crippen LogP contribution is -2.44. The first-order chi connectivity index (χ1) is 8.41. The Hall–Kier alpha value is -0.430. The molecule has 0 aliphatic carbocycles. The molecule has 0 spiro atoms. The van der Waals surface area contributed by atoms with E-state index in [0.29, 0.717) is 14.4 Å². The molecule has 1 aromatic rings. The first-order valence-electron chi connectivity index (χ1n) is 5.03. The quantitative estimate of drug-likeness (QED) is 0.907. The maximum Gasteiger partial charge on any atom is 0.327 e. The molecule has 1 saturated heterocycles. The van der Waals surface area contributed by atoms with Crippen LogP contribution in [-0.4, -0.2) is 39.1 Å². The van der Waals surface area contributed by atoms with Gasteiger partial charge in [0.25, 0.3) is 5.91 Å². The standard InChI is InChI=1S/C10H9Cl2NO3S2/c1-4-13(6(3-17-4)10(15)16)9(14)5-2-7(11)18-8(5)12/h2,4,6H,3H2,1H3,(H,15,16). The SMILES string of the molecule is CC1SCC(C(=O)O)N1C(=O)c1cc(Cl)sc1Cl. The fourth-order valence-electron chi connectivity index (χ4n) is 1.77. The van der Waals surface area contributed by atoms with Crippen LogP contribution in [0.1, 0.15) is 17.3 Å². The predicted molar refractivity (Wildman–Crippen MR) is 73.9 cm³/mol. The van der Waals surface area contributed by atoms with Gasteiger partial charge in [-0.25, -0.2) is 4.79 Å². The van der Waals surface area contributed by atoms with Gasteiger partial charge in [-0.15, -0.1) is 23.1 Å². The monoisotopic (exact) mass is 325 g/mol. The van der Waals surface area contributed by atoms with Crippen molar-refractivity contribution >= 4 is 58.2 Å². The molecule has 2 unspecified atom stereocenters. The number of carboxylic acids is 1. The zero-order valence-corrected chi connectivity index (χ0v) is 12.4. The molecule has 0 aromatic carbocycles. The van der Waals surface area contributed by atoms with Crippen LogP contribution in [0.4, 0.5) is 0 Å². The average molecular weight is 326 g/mol. The summed E-state index contributed by atoms with van der Waals surface area (Å²) >= 11 is 14.2. The summed E-state index contributed by atoms with van der Waals surface area (Å²) in [5.41, 5.74) is 0.271. The molecule has 8 heteroatoms. The number of nitrogens with zero attached hydrogens (tertiary/aromatic N) is 1. The maximum absolute atomic E-state index is 12.3. The minimum Gasteiger partial charge on any atom is -0.480 e. The number of amides is 1. The fourth-order valence-corrected chi connectivity index (χ4v) is 4.38. The Kier molecular flexibility index (Phi) is 4.11. The zero-order chi connectivity index (χ0) is 13.4. The second-order valence-electron chi connectivity index (χ2n) is 3.74. The second kappa shape index (κ2) is 5.28. The number of rotatable bonds is 2. The normalized spacial score (nSPS) is 23.4. The molecule has 0 radical (unpaired) electrons. The van der Waals surface area contributed by atoms with Crippen LogP contribution >= 0.6 is 46.3 Å². The molecule has 1 fully saturated rings. The van der Waals surface area contributed by atoms with E-state index >= 15 is 0 Å². The molecule has 1 N–H and O–H groups in total. The van der Waals surface area contributed by atoms with Crippen molar-refractivity contribution < 1.29 is 14.7 Å². The van der Waals surface area contributed by atoms with Crippen LogP contribution in [0.2, 0.25) is 8.67 Å². The Bertz CT molecular complexity index is 505. The number of thiophene rings is 1. The lowest BCUT2D eigenvalue weighted by atomic mass is 10.2. The van der Waals surface area contributed by atoms with Gasteiger partial charge in [-0.1, -0.05) is 23.2 Å². The largest absolute Gasteiger partial charge is 0.480 e. The van der Waals surface area contributed by atoms with Crippen molar-refractivity contribution in [1.29, 1.82) is 0 Å². The summed E-state index contributed by atoms with van der Waals surface area (Å²) in [6, 6.07) is 0.665. The number of thioether (sulfide) groups is 1. The minimum absolute atomic E-state index is 0.187. The first kappa shape index (κ1) is 14.0. The van der Waals surface area contributed by atoms with E-state index < -0.39 is 12.0 Å². The minimum atomic E-state index is -1.00. The number of carbonyl (C=O) groups is 2. The van der Waals surface area contributed by atoms with Gasteiger partial charge in [0.15, 0.2) is 0 Å². The van der Waals surface area contributed by atoms with E-state index in [9.17, 15) is 9.59 Å². The molecule has 0 bridgehead atoms. The summed E-state index contributed by atoms with van der Waals surface area (Å²) in [4.78, 5) is 24.8. The summed E-state index contributed by atoms with van der Waals surface area (Å²) < 4.78 is 0.702. The van der Waals surface area contributed by atoms with Crippen molar-refractivity contribution in [2.24, 2.45) is 0 Å². The summed E-state index contributed by atoms with van der Waals surface area (Å²) in [5, 5.41) is 8.92. The number of carboxylic acid groups (broad SMARTS) is 1. The molecule has 98 valence electrons. The predicted octanol–water partition coefficient (Wildman–Crippen LogP) is 3.04. The van der Waals surface area contributed by atoms with E-state index in [-0.39, 0.29) is 16.8 Å². The van der Waals surface area contributed by atoms with E-state index in [1.165, 1.54) is 22.7 Å². The third kappa shape index (κ3) is 2.47. The van der Waals surface area contributed by atoms with Crippen molar-refractivity contribution in [1.82, 2.24) is 4.90 Å². The molecule has 18 heavy (non-hydrogen) atoms. The third-order valence-electron chi connectivity index (χ3n) is 2.63. The van der Waals surface area contributed by atoms with Gasteiger partial charge in [-0.3, -0.25) is 4.79 Å². The number of hydrogen-bond donors (Lipinski definition) is 1. The van der Waals surface area contributed by atoms with Gasteiger partial charge in [0.1, 0.15) is 10.4 Å². The van der Waals surface area contributed by atoms with Crippen LogP contribution in [0, 0.1) is 0 Å². The summed E-state index contributed by atoms with van der Waals surface area (Å²) in [6.07, 6.45) is 0. The van der Waals surface area contributed by atoms with Crippen LogP contribution in [-0.2, 0) is 4.79 Å². The molecule has 2 rings (SSSR count). The van der Waals surface area contributed by atoms with E-state index in [1.54, 1.807) is 6.92 Å². The Morgan fingerprint density at radius 1 is 1.50 bits per heavy atom. The smallest absolute Gasteiger partial charge is 0.327 e. The highest BCUT2D eigenvalue weighted by Gasteiger charge is 2.40. The maximum atomic E-state index is 12.3. The lowest BCUT2D eigenvalue weighted by molar-refractivity contribution is -0.141. The van der Waals surface area contributed by atoms with Crippen molar-refractivity contribution in [3.05, 3.63) is 20.3 Å². The topological polar surface area (TPSA) is 57.6 Å². The second-order valence-corrected chi connectivity index (χ2v) is 7.37.